The molecule has 0 fully saturated rings. The first-order valence-electron chi connectivity index (χ1n) is 33.9. The molecule has 0 unspecified atom stereocenters. The van der Waals surface area contributed by atoms with Crippen molar-refractivity contribution in [3.8, 4) is 57.1 Å². The van der Waals surface area contributed by atoms with Crippen molar-refractivity contribution in [1.29, 1.82) is 0 Å². The van der Waals surface area contributed by atoms with E-state index in [-0.39, 0.29) is 45.7 Å². The summed E-state index contributed by atoms with van der Waals surface area (Å²) in [5.41, 5.74) is 7.71. The van der Waals surface area contributed by atoms with E-state index in [0.29, 0.717) is 41.2 Å². The Morgan fingerprint density at radius 2 is 1.10 bits per heavy atom. The smallest absolute Gasteiger partial charge is 0.870 e. The summed E-state index contributed by atoms with van der Waals surface area (Å²) in [5.74, 6) is -3.34. The quantitative estimate of drug-likeness (QED) is 0.00673. The maximum atomic E-state index is 12.5. The third kappa shape index (κ3) is 21.9. The van der Waals surface area contributed by atoms with E-state index in [4.69, 9.17) is 24.0 Å². The average molecular weight is 1550 g/mol. The van der Waals surface area contributed by atoms with Gasteiger partial charge in [-0.05, 0) is 127 Å². The van der Waals surface area contributed by atoms with E-state index >= 15 is 0 Å². The number of anilines is 1. The largest absolute Gasteiger partial charge is 3.00 e. The summed E-state index contributed by atoms with van der Waals surface area (Å²) in [7, 11) is -10.1. The molecule has 6 aromatic carbocycles. The topological polar surface area (TPSA) is 464 Å². The Bertz CT molecular complexity index is 4860. The van der Waals surface area contributed by atoms with Gasteiger partial charge in [-0.1, -0.05) is 106 Å². The van der Waals surface area contributed by atoms with Crippen molar-refractivity contribution >= 4 is 77.0 Å². The van der Waals surface area contributed by atoms with Gasteiger partial charge in [-0.2, -0.15) is 37.3 Å². The van der Waals surface area contributed by atoms with E-state index in [2.05, 4.69) is 118 Å². The fourth-order valence-corrected chi connectivity index (χ4v) is 12.4. The zero-order valence-electron chi connectivity index (χ0n) is 60.0. The Kier molecular flexibility index (Phi) is 31.4. The maximum Gasteiger partial charge on any atom is 3.00 e. The molecule has 2 aliphatic rings. The summed E-state index contributed by atoms with van der Waals surface area (Å²) >= 11 is 0. The van der Waals surface area contributed by atoms with Gasteiger partial charge in [-0.25, -0.2) is 18.7 Å². The van der Waals surface area contributed by atoms with Crippen LogP contribution < -0.4 is 41.0 Å². The van der Waals surface area contributed by atoms with Crippen LogP contribution in [0.5, 0.6) is 23.3 Å². The number of hydrogen-bond donors (Lipinski definition) is 4. The molecular weight excluding hydrogens is 1460 g/mol. The standard InChI is InChI=1S/C28H30N2O3.2C16H13N5O7S.C13H29NO.Cr/c1-5-29(6-2)19-13-15-23-25(17-19)33-26-18-20(30(7-3)8-4)14-16-24(26)27(23)21-11-9-10-12-22(21)28(31)32;2*1-9-14(16(23)20(19-9)10-5-3-2-4-6-10)18-17-12-7-11(21(24)25)8-13(15(12)22)29(26,27)28;1-3-5-8-13(9-6-4-2)12-15-11-7-10-14;/h9-18H,5-8H2,1-4H3;2*2-8,22-23H,1H3,(H,26,27,28);13H,3-12,14H2,1-2H3;/q;;;;+3/p-3. The van der Waals surface area contributed by atoms with Crippen LogP contribution in [-0.4, -0.2) is 112 Å². The van der Waals surface area contributed by atoms with Crippen molar-refractivity contribution in [1.82, 2.24) is 24.1 Å². The first-order chi connectivity index (χ1) is 50.5. The number of nitrogens with two attached hydrogens (primary N) is 1. The third-order valence-electron chi connectivity index (χ3n) is 16.7. The first kappa shape index (κ1) is 85.1. The molecule has 10 rings (SSSR count). The summed E-state index contributed by atoms with van der Waals surface area (Å²) in [6.07, 6.45) is 8.94. The molecule has 0 bridgehead atoms. The Labute approximate surface area is 628 Å². The minimum atomic E-state index is -5.04. The summed E-state index contributed by atoms with van der Waals surface area (Å²) in [4.78, 5) is 31.9. The maximum absolute atomic E-state index is 12.5. The van der Waals surface area contributed by atoms with Crippen LogP contribution in [0.1, 0.15) is 108 Å². The third-order valence-corrected chi connectivity index (χ3v) is 18.4. The number of hydrogen-bond acceptors (Lipinski definition) is 23. The molecule has 0 atom stereocenters. The summed E-state index contributed by atoms with van der Waals surface area (Å²) in [6, 6.07) is 38.6. The Hall–Kier alpha value is -10.8. The van der Waals surface area contributed by atoms with Gasteiger partial charge in [0.15, 0.2) is 0 Å². The molecule has 31 nitrogen and oxygen atoms in total. The van der Waals surface area contributed by atoms with E-state index in [1.165, 1.54) is 52.4 Å². The van der Waals surface area contributed by atoms with Crippen molar-refractivity contribution in [3.05, 3.63) is 188 Å². The van der Waals surface area contributed by atoms with Crippen molar-refractivity contribution in [2.45, 2.75) is 110 Å². The molecule has 3 heterocycles. The number of unbranched alkanes of at least 4 members (excludes halogenated alkanes) is 2. The number of rotatable bonds is 28. The first-order valence-corrected chi connectivity index (χ1v) is 36.8. The molecule has 5 N–H and O–H groups in total. The fraction of sp³-hybridized carbons (Fsp3) is 0.315. The number of aryl methyl sites for hydroxylation is 2. The number of para-hydroxylation sites is 2. The van der Waals surface area contributed by atoms with Crippen LogP contribution in [0.4, 0.5) is 39.8 Å². The Balaban J connectivity index is 0.000000229. The van der Waals surface area contributed by atoms with Crippen molar-refractivity contribution in [2.24, 2.45) is 32.1 Å². The van der Waals surface area contributed by atoms with Gasteiger partial charge in [0.1, 0.15) is 35.8 Å². The molecular formula is C73H82CrN13O18S2. The second-order valence-electron chi connectivity index (χ2n) is 23.8. The van der Waals surface area contributed by atoms with Gasteiger partial charge in [0.05, 0.1) is 65.4 Å². The Morgan fingerprint density at radius 3 is 1.53 bits per heavy atom. The molecule has 0 saturated heterocycles. The van der Waals surface area contributed by atoms with Crippen LogP contribution in [0, 0.1) is 40.0 Å². The van der Waals surface area contributed by atoms with Gasteiger partial charge >= 0.3 is 23.3 Å². The molecule has 0 saturated carbocycles. The van der Waals surface area contributed by atoms with E-state index in [1.54, 1.807) is 72.8 Å². The van der Waals surface area contributed by atoms with Gasteiger partial charge in [-0.3, -0.25) is 29.3 Å². The summed E-state index contributed by atoms with van der Waals surface area (Å²) in [6.45, 7) is 22.1. The molecule has 1 aliphatic heterocycles. The van der Waals surface area contributed by atoms with Crippen molar-refractivity contribution in [2.75, 3.05) is 50.8 Å². The number of aromatic carboxylic acids is 1. The molecule has 1 aliphatic carbocycles. The number of azo groups is 2. The normalized spacial score (nSPS) is 11.4. The van der Waals surface area contributed by atoms with Crippen LogP contribution in [0.15, 0.2) is 180 Å². The summed E-state index contributed by atoms with van der Waals surface area (Å²) < 4.78 is 80.0. The molecule has 2 aromatic heterocycles. The van der Waals surface area contributed by atoms with Gasteiger partial charge < -0.3 is 45.3 Å². The number of carboxylic acid groups (broad SMARTS) is 1. The minimum absolute atomic E-state index is 0. The number of carboxylic acids is 1. The zero-order chi connectivity index (χ0) is 77.6. The molecule has 8 aromatic rings. The number of nitrogens with zero attached hydrogens (tertiary/aromatic N) is 12. The average Bonchev–Trinajstić information content (AvgIpc) is 1.33. The molecule has 1 radical (unpaired) electrons. The van der Waals surface area contributed by atoms with E-state index < -0.39 is 91.9 Å². The van der Waals surface area contributed by atoms with Crippen LogP contribution in [0.25, 0.3) is 44.8 Å². The SMILES string of the molecule is CCCCC(CCCC)COCCCN.CCN(CC)c1ccc2c(-c3ccccc3C(=O)O)c3ccc(=[N+](CC)CC)cc-3oc2c1.Cc1nn(-c2ccccc2)c([O-])c1N=Nc1cc([N+](=O)[O-])cc(S(=O)(=O)O)c1[O-].Cc1nn(-c2ccccc2)c([O-])c1N=Nc1cc([N+](=O)[O-])cc(S(=O)(=O)O)c1[O-].[Cr+3]. The van der Waals surface area contributed by atoms with Crippen molar-refractivity contribution in [3.63, 3.8) is 0 Å². The van der Waals surface area contributed by atoms with E-state index in [0.717, 1.165) is 107 Å². The van der Waals surface area contributed by atoms with Gasteiger partial charge in [0.2, 0.25) is 5.36 Å². The van der Waals surface area contributed by atoms with Gasteiger partial charge in [-0.15, -0.1) is 10.2 Å². The number of aromatic nitrogens is 4. The van der Waals surface area contributed by atoms with Crippen molar-refractivity contribution < 1.29 is 92.6 Å². The Morgan fingerprint density at radius 1 is 0.626 bits per heavy atom. The van der Waals surface area contributed by atoms with Crippen LogP contribution >= 0.6 is 0 Å². The number of carbonyl (C=O) groups is 1. The number of ether oxygens (including phenoxy) is 1. The molecule has 565 valence electrons. The van der Waals surface area contributed by atoms with E-state index in [9.17, 15) is 67.4 Å². The molecule has 107 heavy (non-hydrogen) atoms. The number of nitro groups is 2. The number of benzene rings is 7. The van der Waals surface area contributed by atoms with Crippen LogP contribution in [0.2, 0.25) is 0 Å². The minimum Gasteiger partial charge on any atom is -0.870 e. The number of non-ortho nitro benzene ring substituents is 2. The van der Waals surface area contributed by atoms with E-state index in [1.807, 2.05) is 12.1 Å². The van der Waals surface area contributed by atoms with Crippen LogP contribution in [0.3, 0.4) is 0 Å². The fourth-order valence-electron chi connectivity index (χ4n) is 11.2. The number of nitro benzene ring substituents is 2. The van der Waals surface area contributed by atoms with Gasteiger partial charge in [0, 0.05) is 96.7 Å². The molecule has 0 spiro atoms. The monoisotopic (exact) mass is 1540 g/mol. The predicted octanol–water partition coefficient (Wildman–Crippen LogP) is 12.7. The second kappa shape index (κ2) is 39.5. The number of fused-ring (bicyclic) bond motifs is 2. The predicted molar refractivity (Wildman–Crippen MR) is 391 cm³/mol. The van der Waals surface area contributed by atoms with Gasteiger partial charge in [0.25, 0.3) is 31.6 Å². The molecule has 0 amide bonds. The second-order valence-corrected chi connectivity index (χ2v) is 26.6. The van der Waals surface area contributed by atoms with Crippen LogP contribution in [-0.2, 0) is 42.3 Å². The summed E-state index contributed by atoms with van der Waals surface area (Å²) in [5, 5.41) is 106. The zero-order valence-corrected chi connectivity index (χ0v) is 62.9. The molecule has 34 heteroatoms.